The third kappa shape index (κ3) is 3.43. The second-order valence-corrected chi connectivity index (χ2v) is 5.34. The number of aryl methyl sites for hydroxylation is 1. The molecule has 18 heavy (non-hydrogen) atoms. The molecule has 1 aliphatic rings. The Morgan fingerprint density at radius 1 is 1.50 bits per heavy atom. The van der Waals surface area contributed by atoms with Crippen molar-refractivity contribution in [2.45, 2.75) is 38.3 Å². The molecule has 0 aliphatic heterocycles. The number of ether oxygens (including phenoxy) is 1. The second-order valence-electron chi connectivity index (χ2n) is 5.34. The van der Waals surface area contributed by atoms with Crippen LogP contribution < -0.4 is 10.1 Å². The molecule has 0 spiro atoms. The van der Waals surface area contributed by atoms with E-state index in [4.69, 9.17) is 4.74 Å². The molecule has 1 fully saturated rings. The van der Waals surface area contributed by atoms with Crippen molar-refractivity contribution in [2.75, 3.05) is 13.2 Å². The third-order valence-corrected chi connectivity index (χ3v) is 3.16. The summed E-state index contributed by atoms with van der Waals surface area (Å²) >= 11 is 0. The summed E-state index contributed by atoms with van der Waals surface area (Å²) in [5.74, 6) is 0.398. The van der Waals surface area contributed by atoms with E-state index in [0.717, 1.165) is 18.4 Å². The molecular formula is C14H20FNO2. The molecular weight excluding hydrogens is 233 g/mol. The summed E-state index contributed by atoms with van der Waals surface area (Å²) in [7, 11) is 0. The molecule has 0 bridgehead atoms. The largest absolute Gasteiger partial charge is 0.491 e. The summed E-state index contributed by atoms with van der Waals surface area (Å²) in [5.41, 5.74) is 0.323. The van der Waals surface area contributed by atoms with E-state index < -0.39 is 5.54 Å². The van der Waals surface area contributed by atoms with Crippen LogP contribution in [0, 0.1) is 12.7 Å². The number of aliphatic hydroxyl groups is 1. The zero-order valence-electron chi connectivity index (χ0n) is 10.9. The predicted molar refractivity (Wildman–Crippen MR) is 68.3 cm³/mol. The molecule has 2 N–H and O–H groups in total. The standard InChI is InChI=1S/C14H20FNO2/c1-10-7-11(15)3-6-13(10)18-9-14(2,8-17)16-12-4-5-12/h3,6-7,12,16-17H,4-5,8-9H2,1-2H3. The summed E-state index contributed by atoms with van der Waals surface area (Å²) in [6.07, 6.45) is 2.32. The summed E-state index contributed by atoms with van der Waals surface area (Å²) in [4.78, 5) is 0. The van der Waals surface area contributed by atoms with Gasteiger partial charge < -0.3 is 15.2 Å². The van der Waals surface area contributed by atoms with Gasteiger partial charge in [0.2, 0.25) is 0 Å². The van der Waals surface area contributed by atoms with Crippen LogP contribution in [0.4, 0.5) is 4.39 Å². The minimum absolute atomic E-state index is 0.0176. The maximum absolute atomic E-state index is 13.0. The number of aliphatic hydroxyl groups excluding tert-OH is 1. The molecule has 1 saturated carbocycles. The highest BCUT2D eigenvalue weighted by molar-refractivity contribution is 5.32. The van der Waals surface area contributed by atoms with Gasteiger partial charge in [-0.15, -0.1) is 0 Å². The van der Waals surface area contributed by atoms with Crippen molar-refractivity contribution in [3.05, 3.63) is 29.6 Å². The van der Waals surface area contributed by atoms with E-state index >= 15 is 0 Å². The van der Waals surface area contributed by atoms with E-state index in [1.165, 1.54) is 12.1 Å². The molecule has 1 aromatic carbocycles. The minimum atomic E-state index is -0.442. The second kappa shape index (κ2) is 5.24. The van der Waals surface area contributed by atoms with Crippen LogP contribution in [0.5, 0.6) is 5.75 Å². The van der Waals surface area contributed by atoms with Crippen LogP contribution in [0.15, 0.2) is 18.2 Å². The van der Waals surface area contributed by atoms with E-state index in [9.17, 15) is 9.50 Å². The highest BCUT2D eigenvalue weighted by Gasteiger charge is 2.32. The summed E-state index contributed by atoms with van der Waals surface area (Å²) < 4.78 is 18.6. The fourth-order valence-corrected chi connectivity index (χ4v) is 1.87. The van der Waals surface area contributed by atoms with E-state index in [0.29, 0.717) is 18.4 Å². The van der Waals surface area contributed by atoms with Gasteiger partial charge in [-0.3, -0.25) is 0 Å². The molecule has 0 heterocycles. The van der Waals surface area contributed by atoms with Gasteiger partial charge in [0.1, 0.15) is 18.2 Å². The van der Waals surface area contributed by atoms with E-state index in [-0.39, 0.29) is 12.4 Å². The number of halogens is 1. The van der Waals surface area contributed by atoms with E-state index in [2.05, 4.69) is 5.32 Å². The lowest BCUT2D eigenvalue weighted by atomic mass is 10.1. The van der Waals surface area contributed by atoms with E-state index in [1.54, 1.807) is 6.07 Å². The van der Waals surface area contributed by atoms with Gasteiger partial charge in [-0.05, 0) is 50.5 Å². The molecule has 0 aromatic heterocycles. The smallest absolute Gasteiger partial charge is 0.123 e. The first kappa shape index (κ1) is 13.3. The van der Waals surface area contributed by atoms with Gasteiger partial charge in [0, 0.05) is 6.04 Å². The average molecular weight is 253 g/mol. The molecule has 3 nitrogen and oxygen atoms in total. The quantitative estimate of drug-likeness (QED) is 0.815. The first-order chi connectivity index (χ1) is 8.52. The van der Waals surface area contributed by atoms with Crippen LogP contribution >= 0.6 is 0 Å². The van der Waals surface area contributed by atoms with Crippen molar-refractivity contribution in [2.24, 2.45) is 0 Å². The van der Waals surface area contributed by atoms with Crippen molar-refractivity contribution in [1.29, 1.82) is 0 Å². The molecule has 1 aliphatic carbocycles. The van der Waals surface area contributed by atoms with Crippen LogP contribution in [0.1, 0.15) is 25.3 Å². The number of hydrogen-bond donors (Lipinski definition) is 2. The normalized spacial score (nSPS) is 18.4. The zero-order valence-corrected chi connectivity index (χ0v) is 10.9. The molecule has 100 valence electrons. The number of benzene rings is 1. The fourth-order valence-electron chi connectivity index (χ4n) is 1.87. The lowest BCUT2D eigenvalue weighted by molar-refractivity contribution is 0.114. The maximum Gasteiger partial charge on any atom is 0.123 e. The Kier molecular flexibility index (Phi) is 3.88. The van der Waals surface area contributed by atoms with Crippen LogP contribution in [0.25, 0.3) is 0 Å². The number of hydrogen-bond acceptors (Lipinski definition) is 3. The number of nitrogens with one attached hydrogen (secondary N) is 1. The maximum atomic E-state index is 13.0. The molecule has 0 amide bonds. The Morgan fingerprint density at radius 2 is 2.22 bits per heavy atom. The van der Waals surface area contributed by atoms with Gasteiger partial charge in [-0.1, -0.05) is 0 Å². The van der Waals surface area contributed by atoms with Crippen LogP contribution in [0.2, 0.25) is 0 Å². The Morgan fingerprint density at radius 3 is 2.78 bits per heavy atom. The predicted octanol–water partition coefficient (Wildman–Crippen LogP) is 2.02. The molecule has 0 saturated heterocycles. The Bertz CT molecular complexity index is 420. The van der Waals surface area contributed by atoms with Crippen molar-refractivity contribution in [3.63, 3.8) is 0 Å². The topological polar surface area (TPSA) is 41.5 Å². The fraction of sp³-hybridized carbons (Fsp3) is 0.571. The van der Waals surface area contributed by atoms with E-state index in [1.807, 2.05) is 13.8 Å². The first-order valence-electron chi connectivity index (χ1n) is 6.30. The first-order valence-corrected chi connectivity index (χ1v) is 6.30. The number of rotatable bonds is 6. The van der Waals surface area contributed by atoms with Crippen LogP contribution in [0.3, 0.4) is 0 Å². The molecule has 1 unspecified atom stereocenters. The van der Waals surface area contributed by atoms with Gasteiger partial charge in [0.05, 0.1) is 12.1 Å². The zero-order chi connectivity index (χ0) is 13.2. The molecule has 2 rings (SSSR count). The SMILES string of the molecule is Cc1cc(F)ccc1OCC(C)(CO)NC1CC1. The van der Waals surface area contributed by atoms with Crippen LogP contribution in [-0.4, -0.2) is 29.9 Å². The minimum Gasteiger partial charge on any atom is -0.491 e. The Hall–Kier alpha value is -1.13. The van der Waals surface area contributed by atoms with Gasteiger partial charge in [-0.2, -0.15) is 0 Å². The van der Waals surface area contributed by atoms with Crippen LogP contribution in [-0.2, 0) is 0 Å². The van der Waals surface area contributed by atoms with Gasteiger partial charge in [-0.25, -0.2) is 4.39 Å². The van der Waals surface area contributed by atoms with Crippen molar-refractivity contribution in [3.8, 4) is 5.75 Å². The summed E-state index contributed by atoms with van der Waals surface area (Å²) in [5, 5.41) is 12.8. The molecule has 4 heteroatoms. The van der Waals surface area contributed by atoms with Crippen molar-refractivity contribution < 1.29 is 14.2 Å². The molecule has 0 radical (unpaired) electrons. The van der Waals surface area contributed by atoms with Gasteiger partial charge >= 0.3 is 0 Å². The summed E-state index contributed by atoms with van der Waals surface area (Å²) in [6, 6.07) is 4.95. The monoisotopic (exact) mass is 253 g/mol. The highest BCUT2D eigenvalue weighted by atomic mass is 19.1. The Labute approximate surface area is 107 Å². The van der Waals surface area contributed by atoms with Crippen molar-refractivity contribution in [1.82, 2.24) is 5.32 Å². The third-order valence-electron chi connectivity index (χ3n) is 3.16. The van der Waals surface area contributed by atoms with Crippen molar-refractivity contribution >= 4 is 0 Å². The average Bonchev–Trinajstić information content (AvgIpc) is 3.12. The lowest BCUT2D eigenvalue weighted by Gasteiger charge is -2.29. The highest BCUT2D eigenvalue weighted by Crippen LogP contribution is 2.24. The molecule has 1 aromatic rings. The van der Waals surface area contributed by atoms with Gasteiger partial charge in [0.15, 0.2) is 0 Å². The van der Waals surface area contributed by atoms with Gasteiger partial charge in [0.25, 0.3) is 0 Å². The lowest BCUT2D eigenvalue weighted by Crippen LogP contribution is -2.51. The molecule has 1 atom stereocenters. The summed E-state index contributed by atoms with van der Waals surface area (Å²) in [6.45, 7) is 4.13. The Balaban J connectivity index is 1.95.